The molecule has 2 aromatic heterocycles. The van der Waals surface area contributed by atoms with E-state index in [2.05, 4.69) is 45.2 Å². The van der Waals surface area contributed by atoms with Crippen LogP contribution in [0.3, 0.4) is 0 Å². The number of halogens is 1. The smallest absolute Gasteiger partial charge is 0.144 e. The molecule has 0 radical (unpaired) electrons. The first kappa shape index (κ1) is 13.1. The van der Waals surface area contributed by atoms with Crippen LogP contribution in [0.25, 0.3) is 0 Å². The van der Waals surface area contributed by atoms with E-state index >= 15 is 0 Å². The fourth-order valence-corrected chi connectivity index (χ4v) is 2.34. The highest BCUT2D eigenvalue weighted by Crippen LogP contribution is 2.28. The predicted molar refractivity (Wildman–Crippen MR) is 77.3 cm³/mol. The van der Waals surface area contributed by atoms with E-state index in [0.717, 1.165) is 27.2 Å². The topological polar surface area (TPSA) is 42.7 Å². The summed E-state index contributed by atoms with van der Waals surface area (Å²) in [6.45, 7) is 6.28. The van der Waals surface area contributed by atoms with Gasteiger partial charge in [-0.1, -0.05) is 13.8 Å². The van der Waals surface area contributed by atoms with Crippen molar-refractivity contribution in [1.82, 2.24) is 14.8 Å². The van der Waals surface area contributed by atoms with Gasteiger partial charge in [-0.05, 0) is 40.4 Å². The van der Waals surface area contributed by atoms with E-state index < -0.39 is 0 Å². The molecule has 5 heteroatoms. The fourth-order valence-electron chi connectivity index (χ4n) is 1.78. The second-order valence-electron chi connectivity index (χ2n) is 4.72. The van der Waals surface area contributed by atoms with Crippen LogP contribution in [0.15, 0.2) is 22.9 Å². The molecule has 18 heavy (non-hydrogen) atoms. The molecule has 2 heterocycles. The van der Waals surface area contributed by atoms with Crippen molar-refractivity contribution in [3.63, 3.8) is 0 Å². The quantitative estimate of drug-likeness (QED) is 0.939. The van der Waals surface area contributed by atoms with Crippen molar-refractivity contribution in [2.24, 2.45) is 7.05 Å². The van der Waals surface area contributed by atoms with Crippen LogP contribution in [0, 0.1) is 6.92 Å². The summed E-state index contributed by atoms with van der Waals surface area (Å²) in [6.07, 6.45) is 3.82. The van der Waals surface area contributed by atoms with Crippen LogP contribution in [-0.2, 0) is 7.05 Å². The molecule has 0 amide bonds. The molecule has 0 saturated carbocycles. The molecule has 1 N–H and O–H groups in total. The average Bonchev–Trinajstić information content (AvgIpc) is 2.64. The Labute approximate surface area is 116 Å². The van der Waals surface area contributed by atoms with Crippen molar-refractivity contribution in [2.45, 2.75) is 26.7 Å². The first-order valence-corrected chi connectivity index (χ1v) is 6.69. The molecule has 0 aliphatic rings. The monoisotopic (exact) mass is 308 g/mol. The van der Waals surface area contributed by atoms with Crippen molar-refractivity contribution < 1.29 is 0 Å². The molecule has 0 aliphatic heterocycles. The molecule has 0 atom stereocenters. The number of nitrogens with zero attached hydrogens (tertiary/aromatic N) is 3. The van der Waals surface area contributed by atoms with Crippen molar-refractivity contribution in [3.05, 3.63) is 34.2 Å². The molecule has 0 spiro atoms. The molecular weight excluding hydrogens is 292 g/mol. The number of anilines is 2. The van der Waals surface area contributed by atoms with Gasteiger partial charge < -0.3 is 5.32 Å². The van der Waals surface area contributed by atoms with E-state index in [4.69, 9.17) is 0 Å². The molecule has 96 valence electrons. The number of aryl methyl sites for hydroxylation is 2. The van der Waals surface area contributed by atoms with Gasteiger partial charge in [0.2, 0.25) is 0 Å². The van der Waals surface area contributed by atoms with E-state index in [-0.39, 0.29) is 0 Å². The Hall–Kier alpha value is -1.36. The van der Waals surface area contributed by atoms with Gasteiger partial charge in [0.05, 0.1) is 15.9 Å². The Bertz CT molecular complexity index is 560. The van der Waals surface area contributed by atoms with E-state index in [1.54, 1.807) is 0 Å². The molecule has 0 aliphatic carbocycles. The summed E-state index contributed by atoms with van der Waals surface area (Å²) in [5, 5.41) is 7.79. The zero-order valence-electron chi connectivity index (χ0n) is 11.0. The predicted octanol–water partition coefficient (Wildman–Crippen LogP) is 3.75. The van der Waals surface area contributed by atoms with Gasteiger partial charge in [0.15, 0.2) is 0 Å². The number of nitrogens with one attached hydrogen (secondary N) is 1. The van der Waals surface area contributed by atoms with Crippen LogP contribution in [0.4, 0.5) is 11.5 Å². The SMILES string of the molecule is Cc1cnc(Nc2cn(C)nc2C(C)C)c(Br)c1. The highest BCUT2D eigenvalue weighted by Gasteiger charge is 2.13. The Morgan fingerprint density at radius 1 is 1.39 bits per heavy atom. The van der Waals surface area contributed by atoms with Gasteiger partial charge in [0, 0.05) is 19.4 Å². The van der Waals surface area contributed by atoms with E-state index in [0.29, 0.717) is 5.92 Å². The molecule has 2 aromatic rings. The van der Waals surface area contributed by atoms with Crippen molar-refractivity contribution >= 4 is 27.4 Å². The van der Waals surface area contributed by atoms with Crippen LogP contribution < -0.4 is 5.32 Å². The molecule has 4 nitrogen and oxygen atoms in total. The van der Waals surface area contributed by atoms with Crippen LogP contribution in [-0.4, -0.2) is 14.8 Å². The molecule has 0 saturated heterocycles. The average molecular weight is 309 g/mol. The summed E-state index contributed by atoms with van der Waals surface area (Å²) in [4.78, 5) is 4.39. The number of rotatable bonds is 3. The number of hydrogen-bond donors (Lipinski definition) is 1. The van der Waals surface area contributed by atoms with E-state index in [1.807, 2.05) is 37.1 Å². The second-order valence-corrected chi connectivity index (χ2v) is 5.58. The summed E-state index contributed by atoms with van der Waals surface area (Å²) in [5.41, 5.74) is 3.18. The molecule has 0 bridgehead atoms. The lowest BCUT2D eigenvalue weighted by Gasteiger charge is -2.09. The normalized spacial score (nSPS) is 11.0. The Morgan fingerprint density at radius 2 is 2.11 bits per heavy atom. The Kier molecular flexibility index (Phi) is 3.71. The number of hydrogen-bond acceptors (Lipinski definition) is 3. The summed E-state index contributed by atoms with van der Waals surface area (Å²) in [5.74, 6) is 1.19. The minimum Gasteiger partial charge on any atom is -0.336 e. The molecule has 0 unspecified atom stereocenters. The van der Waals surface area contributed by atoms with Gasteiger partial charge in [-0.3, -0.25) is 4.68 Å². The van der Waals surface area contributed by atoms with E-state index in [1.165, 1.54) is 0 Å². The van der Waals surface area contributed by atoms with Crippen LogP contribution in [0.2, 0.25) is 0 Å². The fraction of sp³-hybridized carbons (Fsp3) is 0.385. The van der Waals surface area contributed by atoms with Gasteiger partial charge in [0.1, 0.15) is 5.82 Å². The molecular formula is C13H17BrN4. The van der Waals surface area contributed by atoms with Gasteiger partial charge in [0.25, 0.3) is 0 Å². The van der Waals surface area contributed by atoms with Crippen LogP contribution in [0.5, 0.6) is 0 Å². The lowest BCUT2D eigenvalue weighted by atomic mass is 10.1. The minimum atomic E-state index is 0.373. The number of pyridine rings is 1. The maximum absolute atomic E-state index is 4.46. The zero-order valence-corrected chi connectivity index (χ0v) is 12.6. The summed E-state index contributed by atoms with van der Waals surface area (Å²) >= 11 is 3.52. The van der Waals surface area contributed by atoms with E-state index in [9.17, 15) is 0 Å². The van der Waals surface area contributed by atoms with Gasteiger partial charge >= 0.3 is 0 Å². The third kappa shape index (κ3) is 2.72. The third-order valence-electron chi connectivity index (χ3n) is 2.64. The standard InChI is InChI=1S/C13H17BrN4/c1-8(2)12-11(7-18(4)17-12)16-13-10(14)5-9(3)6-15-13/h5-8H,1-4H3,(H,15,16). The van der Waals surface area contributed by atoms with Gasteiger partial charge in [-0.2, -0.15) is 5.10 Å². The second kappa shape index (κ2) is 5.10. The highest BCUT2D eigenvalue weighted by atomic mass is 79.9. The maximum Gasteiger partial charge on any atom is 0.144 e. The zero-order chi connectivity index (χ0) is 13.3. The van der Waals surface area contributed by atoms with Gasteiger partial charge in [-0.25, -0.2) is 4.98 Å². The lowest BCUT2D eigenvalue weighted by molar-refractivity contribution is 0.713. The number of aromatic nitrogens is 3. The largest absolute Gasteiger partial charge is 0.336 e. The van der Waals surface area contributed by atoms with Crippen LogP contribution >= 0.6 is 15.9 Å². The minimum absolute atomic E-state index is 0.373. The lowest BCUT2D eigenvalue weighted by Crippen LogP contribution is -1.99. The first-order chi connectivity index (χ1) is 8.47. The highest BCUT2D eigenvalue weighted by molar-refractivity contribution is 9.10. The van der Waals surface area contributed by atoms with Gasteiger partial charge in [-0.15, -0.1) is 0 Å². The third-order valence-corrected chi connectivity index (χ3v) is 3.24. The summed E-state index contributed by atoms with van der Waals surface area (Å²) < 4.78 is 2.78. The van der Waals surface area contributed by atoms with Crippen LogP contribution in [0.1, 0.15) is 31.0 Å². The maximum atomic E-state index is 4.46. The molecule has 0 aromatic carbocycles. The van der Waals surface area contributed by atoms with Crippen molar-refractivity contribution in [3.8, 4) is 0 Å². The molecule has 2 rings (SSSR count). The summed E-state index contributed by atoms with van der Waals surface area (Å²) in [6, 6.07) is 2.04. The Morgan fingerprint density at radius 3 is 2.72 bits per heavy atom. The molecule has 0 fully saturated rings. The summed E-state index contributed by atoms with van der Waals surface area (Å²) in [7, 11) is 1.93. The first-order valence-electron chi connectivity index (χ1n) is 5.90. The van der Waals surface area contributed by atoms with Crippen molar-refractivity contribution in [2.75, 3.05) is 5.32 Å². The van der Waals surface area contributed by atoms with Crippen molar-refractivity contribution in [1.29, 1.82) is 0 Å². The Balaban J connectivity index is 2.33.